The van der Waals surface area contributed by atoms with Crippen molar-refractivity contribution in [3.63, 3.8) is 0 Å². The van der Waals surface area contributed by atoms with Gasteiger partial charge in [-0.1, -0.05) is 71.2 Å². The summed E-state index contributed by atoms with van der Waals surface area (Å²) in [7, 11) is 7.77. The van der Waals surface area contributed by atoms with Crippen LogP contribution in [0, 0.1) is 82.8 Å². The second kappa shape index (κ2) is 42.5. The number of nitrogens with zero attached hydrogens (tertiary/aromatic N) is 11. The Balaban J connectivity index is 0.00000393. The van der Waals surface area contributed by atoms with Crippen molar-refractivity contribution in [2.45, 2.75) is 204 Å². The fourth-order valence-electron chi connectivity index (χ4n) is 19.2. The van der Waals surface area contributed by atoms with Gasteiger partial charge in [0.15, 0.2) is 0 Å². The van der Waals surface area contributed by atoms with Crippen LogP contribution in [0.15, 0.2) is 99.0 Å². The van der Waals surface area contributed by atoms with E-state index in [4.69, 9.17) is 96.6 Å². The summed E-state index contributed by atoms with van der Waals surface area (Å²) < 4.78 is 51.3. The van der Waals surface area contributed by atoms with Crippen LogP contribution in [0.3, 0.4) is 0 Å². The number of H-pyrrole nitrogens is 2. The molecule has 11 heterocycles. The van der Waals surface area contributed by atoms with Gasteiger partial charge in [-0.2, -0.15) is 5.70 Å². The number of aliphatic imine (C=N–C) groups is 3. The topological polar surface area (TPSA) is 444 Å². The zero-order valence-electron chi connectivity index (χ0n) is 75.6. The zero-order chi connectivity index (χ0) is 92.8. The fraction of sp³-hybridized carbons (Fsp3) is 0.511. The molecule has 1 unspecified atom stereocenters. The number of fused-ring (bicyclic) bond motifs is 14. The Morgan fingerprint density at radius 2 is 1.15 bits per heavy atom. The van der Waals surface area contributed by atoms with Crippen LogP contribution in [0.25, 0.3) is 55.8 Å². The SMILES string of the molecule is C=CC1=C(C)c2cc3[nH]c(cc4nc(cc5[nH]c(cc1n2)c(C)c5CCC(=O)O)C(CCC(=O)OCCOCCn1cc(COC(=O)C[C@]2(C)/C5=C(\C)C6=N[C@@](C)(C7[N-]/C(=C(/C)C8=N/C(=C\C(=N5)[C@H]2CCC(=O)OC)C(C)(C)[C@@H]8CCC(=O)OC)[C@](C)(CCC(=O)OC)[C@H]7CC(=O)OC)[C@@](C)(CC(=O)OC)[C@@H]6CCC(=O)OC)nn1)=C4C)c(C)c3C=C.[C-]#N.[C-]#N.[Co+3]. The standard InChI is InChI=1S/C92H115N11O19.2CN.Co/c1-21-56-49(3)64-40-65-52(6)59(71(95-65)43-70-58(23-28-74(104)105)51(5)67(96-70)42-69-57(22-2)50(4)66(94-69)41-68(56)93-64)24-29-79(110)121-38-37-120-36-35-103-47-55(101-102-103)48-122-82(113)45-90(12)60(25-30-75(106)114-15)72-44-73-88(9,10)61(26-31-76(107)115-16)83(98-73)53(7)85-89(11,34-33-78(109)117-18)63(39-80(111)118-19)87(99-85)92(14)91(13,46-81(112)119-20)62(27-32-77(108)116-17)84(100-92)54(8)86(90)97-72;2*1-2;/h21-22,40-44,47,60-63,87H,1-2,23-39,45-46,48H2,3-20H3,(H4,93,94,95,96,97,98,99,100,101,102,104,105);;;/q;2*-1;+3/p-1/t60-,61-,62-,63+,87?,89-,90+,91+,92+;;;/m1.../s1. The predicted molar refractivity (Wildman–Crippen MR) is 469 cm³/mol. The summed E-state index contributed by atoms with van der Waals surface area (Å²) in [4.78, 5) is 157. The molecule has 1 saturated heterocycles. The van der Waals surface area contributed by atoms with Crippen molar-refractivity contribution in [1.82, 2.24) is 34.9 Å². The number of aromatic nitrogens is 7. The van der Waals surface area contributed by atoms with Crippen molar-refractivity contribution in [3.8, 4) is 0 Å². The van der Waals surface area contributed by atoms with E-state index >= 15 is 4.79 Å². The van der Waals surface area contributed by atoms with E-state index < -0.39 is 111 Å². The first-order chi connectivity index (χ1) is 59.9. The minimum Gasteiger partial charge on any atom is -0.682 e. The van der Waals surface area contributed by atoms with Gasteiger partial charge in [-0.15, -0.1) is 5.10 Å². The van der Waals surface area contributed by atoms with Gasteiger partial charge in [0.1, 0.15) is 18.9 Å². The maximum Gasteiger partial charge on any atom is 3.00 e. The number of nitrogens with one attached hydrogen (secondary N) is 2. The molecule has 16 bridgehead atoms. The summed E-state index contributed by atoms with van der Waals surface area (Å²) in [6.45, 7) is 41.1. The Labute approximate surface area is 750 Å². The summed E-state index contributed by atoms with van der Waals surface area (Å²) >= 11 is 0. The quantitative estimate of drug-likeness (QED) is 0.0169. The molecule has 0 saturated carbocycles. The number of rotatable bonds is 34. The van der Waals surface area contributed by atoms with E-state index in [1.165, 1.54) is 47.3 Å². The molecule has 7 aliphatic heterocycles. The summed E-state index contributed by atoms with van der Waals surface area (Å²) in [5.41, 5.74) is 11.0. The molecule has 11 rings (SSSR count). The van der Waals surface area contributed by atoms with Crippen LogP contribution >= 0.6 is 0 Å². The molecule has 0 aliphatic carbocycles. The van der Waals surface area contributed by atoms with Crippen LogP contribution in [0.1, 0.15) is 210 Å². The first kappa shape index (κ1) is 100. The molecule has 0 amide bonds. The van der Waals surface area contributed by atoms with Crippen molar-refractivity contribution >= 4 is 121 Å². The van der Waals surface area contributed by atoms with Gasteiger partial charge in [-0.25, -0.2) is 14.6 Å². The number of aromatic amines is 2. The van der Waals surface area contributed by atoms with Crippen molar-refractivity contribution < 1.29 is 108 Å². The van der Waals surface area contributed by atoms with Gasteiger partial charge in [0.2, 0.25) is 0 Å². The molecule has 0 radical (unpaired) electrons. The van der Waals surface area contributed by atoms with Gasteiger partial charge < -0.3 is 86.7 Å². The third kappa shape index (κ3) is 20.8. The molecular formula is C94H114CoN13O19. The normalized spacial score (nSPS) is 23.8. The Morgan fingerprint density at radius 1 is 0.575 bits per heavy atom. The number of aryl methyl sites for hydroxylation is 3. The van der Waals surface area contributed by atoms with E-state index in [1.807, 2.05) is 120 Å². The maximum atomic E-state index is 15.1. The largest absolute Gasteiger partial charge is 3.00 e. The number of allylic oxidation sites excluding steroid dienone is 11. The average molecular weight is 1790 g/mol. The third-order valence-electron chi connectivity index (χ3n) is 26.6. The van der Waals surface area contributed by atoms with Gasteiger partial charge in [0.05, 0.1) is 115 Å². The van der Waals surface area contributed by atoms with E-state index in [0.717, 1.165) is 66.8 Å². The fourth-order valence-corrected chi connectivity index (χ4v) is 19.2. The van der Waals surface area contributed by atoms with Crippen molar-refractivity contribution in [1.29, 1.82) is 10.5 Å². The number of ether oxygens (including phenoxy) is 9. The van der Waals surface area contributed by atoms with E-state index in [1.54, 1.807) is 12.3 Å². The van der Waals surface area contributed by atoms with Crippen LogP contribution in [0.4, 0.5) is 0 Å². The van der Waals surface area contributed by atoms with Crippen molar-refractivity contribution in [2.75, 3.05) is 62.5 Å². The molecule has 32 nitrogen and oxygen atoms in total. The molecule has 0 aromatic carbocycles. The summed E-state index contributed by atoms with van der Waals surface area (Å²) in [6, 6.07) is 6.87. The Kier molecular flexibility index (Phi) is 33.6. The smallest absolute Gasteiger partial charge is 0.682 e. The van der Waals surface area contributed by atoms with E-state index in [2.05, 4.69) is 33.4 Å². The molecule has 4 aromatic heterocycles. The zero-order valence-corrected chi connectivity index (χ0v) is 76.7. The number of carbonyl (C=O) groups is 9. The van der Waals surface area contributed by atoms with Gasteiger partial charge >= 0.3 is 70.5 Å². The van der Waals surface area contributed by atoms with Crippen LogP contribution in [-0.2, 0) is 122 Å². The predicted octanol–water partition coefficient (Wildman–Crippen LogP) is 14.7. The minimum absolute atomic E-state index is 0. The van der Waals surface area contributed by atoms with Crippen LogP contribution < -0.4 is 0 Å². The average Bonchev–Trinajstić information content (AvgIpc) is 1.52. The molecule has 4 aromatic rings. The Hall–Kier alpha value is -12.1. The molecule has 33 heteroatoms. The van der Waals surface area contributed by atoms with Crippen molar-refractivity contribution in [2.24, 2.45) is 60.3 Å². The van der Waals surface area contributed by atoms with E-state index in [-0.39, 0.29) is 146 Å². The molecule has 1 fully saturated rings. The van der Waals surface area contributed by atoms with E-state index in [9.17, 15) is 43.5 Å². The molecule has 0 spiro atoms. The second-order valence-electron chi connectivity index (χ2n) is 33.9. The number of hydrogen-bond donors (Lipinski definition) is 3. The number of carbonyl (C=O) groups excluding carboxylic acids is 8. The van der Waals surface area contributed by atoms with E-state index in [0.29, 0.717) is 73.7 Å². The molecule has 9 atom stereocenters. The summed E-state index contributed by atoms with van der Waals surface area (Å²) in [6.07, 6.45) is 6.95. The number of carboxylic acid groups (broad SMARTS) is 1. The number of aliphatic carboxylic acids is 1. The van der Waals surface area contributed by atoms with Crippen LogP contribution in [0.2, 0.25) is 0 Å². The van der Waals surface area contributed by atoms with Gasteiger partial charge in [-0.05, 0) is 173 Å². The Bertz CT molecular complexity index is 5490. The number of esters is 8. The summed E-state index contributed by atoms with van der Waals surface area (Å²) in [5.74, 6) is -8.09. The number of carboxylic acids is 1. The molecular weight excluding hydrogens is 1670 g/mol. The van der Waals surface area contributed by atoms with Gasteiger partial charge in [0.25, 0.3) is 0 Å². The summed E-state index contributed by atoms with van der Waals surface area (Å²) in [5, 5.41) is 36.7. The number of hydrogen-bond acceptors (Lipinski definition) is 27. The molecule has 3 N–H and O–H groups in total. The Morgan fingerprint density at radius 3 is 1.77 bits per heavy atom. The molecule has 678 valence electrons. The molecule has 127 heavy (non-hydrogen) atoms. The molecule has 7 aliphatic rings. The number of methoxy groups -OCH3 is 6. The second-order valence-corrected chi connectivity index (χ2v) is 33.9. The van der Waals surface area contributed by atoms with Crippen LogP contribution in [-0.4, -0.2) is 185 Å². The minimum atomic E-state index is -1.49. The first-order valence-electron chi connectivity index (χ1n) is 41.8. The van der Waals surface area contributed by atoms with Gasteiger partial charge in [-0.3, -0.25) is 58.1 Å². The van der Waals surface area contributed by atoms with Gasteiger partial charge in [0, 0.05) is 135 Å². The maximum absolute atomic E-state index is 15.1. The monoisotopic (exact) mass is 1790 g/mol. The first-order valence-corrected chi connectivity index (χ1v) is 41.8. The van der Waals surface area contributed by atoms with Crippen LogP contribution in [0.5, 0.6) is 0 Å². The third-order valence-corrected chi connectivity index (χ3v) is 26.6. The van der Waals surface area contributed by atoms with Crippen molar-refractivity contribution in [3.05, 3.63) is 153 Å².